The molecular weight excluding hydrogens is 421 g/mol. The summed E-state index contributed by atoms with van der Waals surface area (Å²) >= 11 is 0. The zero-order valence-electron chi connectivity index (χ0n) is 17.8. The first kappa shape index (κ1) is 22.3. The van der Waals surface area contributed by atoms with E-state index < -0.39 is 11.7 Å². The Kier molecular flexibility index (Phi) is 6.76. The van der Waals surface area contributed by atoms with Crippen molar-refractivity contribution in [1.29, 1.82) is 0 Å². The number of ether oxygens (including phenoxy) is 1. The molecule has 0 bridgehead atoms. The monoisotopic (exact) mass is 446 g/mol. The Hall–Kier alpha value is -2.91. The lowest BCUT2D eigenvalue weighted by Gasteiger charge is -2.33. The molecule has 0 atom stereocenters. The molecule has 0 radical (unpaired) electrons. The number of alkyl halides is 3. The van der Waals surface area contributed by atoms with Gasteiger partial charge >= 0.3 is 6.18 Å². The zero-order chi connectivity index (χ0) is 22.6. The van der Waals surface area contributed by atoms with E-state index in [4.69, 9.17) is 9.26 Å². The molecule has 0 aliphatic carbocycles. The molecule has 6 nitrogen and oxygen atoms in total. The van der Waals surface area contributed by atoms with Crippen molar-refractivity contribution in [3.8, 4) is 17.1 Å². The quantitative estimate of drug-likeness (QED) is 0.534. The summed E-state index contributed by atoms with van der Waals surface area (Å²) in [6.07, 6.45) is -4.41. The number of halogens is 3. The topological polar surface area (TPSA) is 54.6 Å². The van der Waals surface area contributed by atoms with E-state index >= 15 is 0 Å². The SMILES string of the molecule is CCOc1ccc(CN2CCN(Cc3nc(-c4cccc(C(F)(F)F)c4)no3)CC2)cc1. The normalized spacial score (nSPS) is 15.8. The van der Waals surface area contributed by atoms with E-state index in [1.54, 1.807) is 6.07 Å². The summed E-state index contributed by atoms with van der Waals surface area (Å²) in [5.41, 5.74) is 0.796. The molecule has 170 valence electrons. The largest absolute Gasteiger partial charge is 0.494 e. The summed E-state index contributed by atoms with van der Waals surface area (Å²) in [7, 11) is 0. The third-order valence-corrected chi connectivity index (χ3v) is 5.38. The molecule has 1 aliphatic rings. The summed E-state index contributed by atoms with van der Waals surface area (Å²) in [6, 6.07) is 13.1. The van der Waals surface area contributed by atoms with E-state index in [1.807, 2.05) is 19.1 Å². The highest BCUT2D eigenvalue weighted by Crippen LogP contribution is 2.31. The van der Waals surface area contributed by atoms with E-state index in [9.17, 15) is 13.2 Å². The molecule has 1 saturated heterocycles. The van der Waals surface area contributed by atoms with E-state index in [0.29, 0.717) is 19.0 Å². The lowest BCUT2D eigenvalue weighted by molar-refractivity contribution is -0.137. The van der Waals surface area contributed by atoms with Gasteiger partial charge in [-0.05, 0) is 36.8 Å². The van der Waals surface area contributed by atoms with Gasteiger partial charge in [-0.2, -0.15) is 18.2 Å². The number of nitrogens with zero attached hydrogens (tertiary/aromatic N) is 4. The number of hydrogen-bond donors (Lipinski definition) is 0. The highest BCUT2D eigenvalue weighted by molar-refractivity contribution is 5.55. The molecule has 2 aromatic carbocycles. The van der Waals surface area contributed by atoms with Crippen LogP contribution in [0.5, 0.6) is 5.75 Å². The van der Waals surface area contributed by atoms with Crippen molar-refractivity contribution in [1.82, 2.24) is 19.9 Å². The summed E-state index contributed by atoms with van der Waals surface area (Å²) in [5.74, 6) is 1.45. The summed E-state index contributed by atoms with van der Waals surface area (Å²) in [6.45, 7) is 7.47. The molecule has 0 unspecified atom stereocenters. The Balaban J connectivity index is 1.29. The molecule has 0 saturated carbocycles. The maximum atomic E-state index is 12.9. The fraction of sp³-hybridized carbons (Fsp3) is 0.391. The average molecular weight is 446 g/mol. The molecule has 1 aromatic heterocycles. The lowest BCUT2D eigenvalue weighted by Crippen LogP contribution is -2.45. The molecule has 32 heavy (non-hydrogen) atoms. The van der Waals surface area contributed by atoms with E-state index in [-0.39, 0.29) is 11.4 Å². The number of benzene rings is 2. The van der Waals surface area contributed by atoms with Crippen molar-refractivity contribution < 1.29 is 22.4 Å². The summed E-state index contributed by atoms with van der Waals surface area (Å²) in [4.78, 5) is 8.89. The van der Waals surface area contributed by atoms with Gasteiger partial charge in [-0.25, -0.2) is 0 Å². The minimum absolute atomic E-state index is 0.167. The van der Waals surface area contributed by atoms with Crippen molar-refractivity contribution in [2.24, 2.45) is 0 Å². The van der Waals surface area contributed by atoms with E-state index in [2.05, 4.69) is 32.1 Å². The van der Waals surface area contributed by atoms with Crippen LogP contribution in [0.25, 0.3) is 11.4 Å². The van der Waals surface area contributed by atoms with Gasteiger partial charge in [-0.15, -0.1) is 0 Å². The van der Waals surface area contributed by atoms with Gasteiger partial charge in [-0.3, -0.25) is 9.80 Å². The second-order valence-electron chi connectivity index (χ2n) is 7.72. The second kappa shape index (κ2) is 9.70. The fourth-order valence-electron chi connectivity index (χ4n) is 3.68. The van der Waals surface area contributed by atoms with E-state index in [0.717, 1.165) is 50.6 Å². The van der Waals surface area contributed by atoms with Crippen molar-refractivity contribution in [2.45, 2.75) is 26.2 Å². The number of aromatic nitrogens is 2. The molecule has 1 aliphatic heterocycles. The maximum Gasteiger partial charge on any atom is 0.416 e. The second-order valence-corrected chi connectivity index (χ2v) is 7.72. The van der Waals surface area contributed by atoms with Gasteiger partial charge in [0, 0.05) is 38.3 Å². The van der Waals surface area contributed by atoms with Crippen LogP contribution in [0.15, 0.2) is 53.1 Å². The van der Waals surface area contributed by atoms with Gasteiger partial charge in [0.2, 0.25) is 11.7 Å². The molecule has 1 fully saturated rings. The lowest BCUT2D eigenvalue weighted by atomic mass is 10.1. The van der Waals surface area contributed by atoms with Crippen LogP contribution in [-0.4, -0.2) is 52.7 Å². The predicted molar refractivity (Wildman–Crippen MR) is 113 cm³/mol. The van der Waals surface area contributed by atoms with Crippen LogP contribution in [0.3, 0.4) is 0 Å². The van der Waals surface area contributed by atoms with Gasteiger partial charge in [0.15, 0.2) is 0 Å². The van der Waals surface area contributed by atoms with Gasteiger partial charge in [0.05, 0.1) is 18.7 Å². The van der Waals surface area contributed by atoms with Crippen LogP contribution < -0.4 is 4.74 Å². The highest BCUT2D eigenvalue weighted by atomic mass is 19.4. The first-order valence-corrected chi connectivity index (χ1v) is 10.6. The first-order valence-electron chi connectivity index (χ1n) is 10.6. The van der Waals surface area contributed by atoms with Gasteiger partial charge in [0.25, 0.3) is 0 Å². The Morgan fingerprint density at radius 2 is 1.66 bits per heavy atom. The van der Waals surface area contributed by atoms with Crippen LogP contribution in [0.1, 0.15) is 23.9 Å². The smallest absolute Gasteiger partial charge is 0.416 e. The Morgan fingerprint density at radius 3 is 2.31 bits per heavy atom. The van der Waals surface area contributed by atoms with Crippen LogP contribution in [-0.2, 0) is 19.3 Å². The average Bonchev–Trinajstić information content (AvgIpc) is 3.25. The molecule has 4 rings (SSSR count). The molecule has 3 aromatic rings. The molecule has 0 spiro atoms. The minimum atomic E-state index is -4.41. The first-order chi connectivity index (χ1) is 15.4. The fourth-order valence-corrected chi connectivity index (χ4v) is 3.68. The molecule has 2 heterocycles. The van der Waals surface area contributed by atoms with Crippen molar-refractivity contribution in [3.05, 3.63) is 65.5 Å². The van der Waals surface area contributed by atoms with Crippen LogP contribution >= 0.6 is 0 Å². The molecule has 9 heteroatoms. The Morgan fingerprint density at radius 1 is 0.969 bits per heavy atom. The van der Waals surface area contributed by atoms with Gasteiger partial charge in [-0.1, -0.05) is 29.4 Å². The summed E-state index contributed by atoms with van der Waals surface area (Å²) < 4.78 is 49.6. The third kappa shape index (κ3) is 5.66. The predicted octanol–water partition coefficient (Wildman–Crippen LogP) is 4.47. The minimum Gasteiger partial charge on any atom is -0.494 e. The van der Waals surface area contributed by atoms with Gasteiger partial charge < -0.3 is 9.26 Å². The van der Waals surface area contributed by atoms with Crippen molar-refractivity contribution in [3.63, 3.8) is 0 Å². The van der Waals surface area contributed by atoms with Crippen LogP contribution in [0.4, 0.5) is 13.2 Å². The van der Waals surface area contributed by atoms with Crippen molar-refractivity contribution in [2.75, 3.05) is 32.8 Å². The zero-order valence-corrected chi connectivity index (χ0v) is 17.8. The Bertz CT molecular complexity index is 1010. The third-order valence-electron chi connectivity index (χ3n) is 5.38. The number of rotatable bonds is 7. The van der Waals surface area contributed by atoms with Crippen molar-refractivity contribution >= 4 is 0 Å². The standard InChI is InChI=1S/C23H25F3N4O2/c1-2-31-20-8-6-17(7-9-20)15-29-10-12-30(13-11-29)16-21-27-22(28-32-21)18-4-3-5-19(14-18)23(24,25)26/h3-9,14H,2,10-13,15-16H2,1H3. The van der Waals surface area contributed by atoms with E-state index in [1.165, 1.54) is 11.6 Å². The van der Waals surface area contributed by atoms with Gasteiger partial charge in [0.1, 0.15) is 5.75 Å². The van der Waals surface area contributed by atoms with Crippen LogP contribution in [0.2, 0.25) is 0 Å². The molecule has 0 N–H and O–H groups in total. The Labute approximate surface area is 184 Å². The maximum absolute atomic E-state index is 12.9. The number of piperazine rings is 1. The van der Waals surface area contributed by atoms with Crippen LogP contribution in [0, 0.1) is 0 Å². The molecule has 0 amide bonds. The number of hydrogen-bond acceptors (Lipinski definition) is 6. The molecular formula is C23H25F3N4O2. The highest BCUT2D eigenvalue weighted by Gasteiger charge is 2.31. The summed E-state index contributed by atoms with van der Waals surface area (Å²) in [5, 5.41) is 3.87.